The zero-order valence-corrected chi connectivity index (χ0v) is 12.2. The summed E-state index contributed by atoms with van der Waals surface area (Å²) in [6.45, 7) is 0.751. The van der Waals surface area contributed by atoms with Crippen molar-refractivity contribution in [2.45, 2.75) is 31.8 Å². The Labute approximate surface area is 123 Å². The predicted molar refractivity (Wildman–Crippen MR) is 75.3 cm³/mol. The van der Waals surface area contributed by atoms with Crippen molar-refractivity contribution < 1.29 is 9.13 Å². The van der Waals surface area contributed by atoms with Crippen LogP contribution in [-0.4, -0.2) is 18.6 Å². The fraction of sp³-hybridized carbons (Fsp3) is 0.600. The maximum absolute atomic E-state index is 13.6. The van der Waals surface area contributed by atoms with Gasteiger partial charge in [0, 0.05) is 17.9 Å². The van der Waals surface area contributed by atoms with E-state index in [1.54, 1.807) is 6.07 Å². The van der Waals surface area contributed by atoms with Crippen molar-refractivity contribution in [2.75, 3.05) is 12.5 Å². The van der Waals surface area contributed by atoms with Gasteiger partial charge in [0.15, 0.2) is 0 Å². The number of benzene rings is 1. The van der Waals surface area contributed by atoms with Crippen LogP contribution in [0.4, 0.5) is 4.39 Å². The molecule has 2 atom stereocenters. The van der Waals surface area contributed by atoms with Gasteiger partial charge in [-0.2, -0.15) is 0 Å². The number of hydrogen-bond acceptors (Lipinski definition) is 1. The summed E-state index contributed by atoms with van der Waals surface area (Å²) < 4.78 is 19.5. The lowest BCUT2D eigenvalue weighted by molar-refractivity contribution is 0.0403. The molecule has 0 aromatic heterocycles. The molecule has 1 saturated carbocycles. The number of alkyl halides is 1. The maximum Gasteiger partial charge on any atom is 0.142 e. The molecule has 1 aliphatic carbocycles. The number of ether oxygens (including phenoxy) is 1. The molecule has 0 amide bonds. The zero-order valence-electron chi connectivity index (χ0n) is 10.7. The first kappa shape index (κ1) is 13.7. The molecule has 1 nitrogen and oxygen atoms in total. The Bertz CT molecular complexity index is 475. The first-order valence-electron chi connectivity index (χ1n) is 6.77. The van der Waals surface area contributed by atoms with Crippen LogP contribution >= 0.6 is 23.2 Å². The Hall–Kier alpha value is -0.310. The molecule has 2 fully saturated rings. The van der Waals surface area contributed by atoms with Gasteiger partial charge in [0.05, 0.1) is 11.1 Å². The molecule has 0 N–H and O–H groups in total. The van der Waals surface area contributed by atoms with Gasteiger partial charge in [-0.3, -0.25) is 0 Å². The van der Waals surface area contributed by atoms with E-state index in [0.29, 0.717) is 18.2 Å². The highest BCUT2D eigenvalue weighted by atomic mass is 35.5. The molecule has 0 spiro atoms. The van der Waals surface area contributed by atoms with Crippen molar-refractivity contribution in [3.05, 3.63) is 34.6 Å². The van der Waals surface area contributed by atoms with Gasteiger partial charge < -0.3 is 4.74 Å². The highest BCUT2D eigenvalue weighted by Gasteiger charge is 2.50. The highest BCUT2D eigenvalue weighted by Crippen LogP contribution is 2.50. The Morgan fingerprint density at radius 3 is 2.84 bits per heavy atom. The summed E-state index contributed by atoms with van der Waals surface area (Å²) in [4.78, 5) is 0. The summed E-state index contributed by atoms with van der Waals surface area (Å²) in [5.74, 6) is 0.820. The van der Waals surface area contributed by atoms with E-state index in [9.17, 15) is 4.39 Å². The summed E-state index contributed by atoms with van der Waals surface area (Å²) in [5, 5.41) is 0.230. The average Bonchev–Trinajstić information content (AvgIpc) is 3.17. The molecule has 3 rings (SSSR count). The number of rotatable bonds is 4. The second-order valence-electron chi connectivity index (χ2n) is 5.76. The lowest BCUT2D eigenvalue weighted by atomic mass is 9.75. The zero-order chi connectivity index (χ0) is 13.5. The van der Waals surface area contributed by atoms with Gasteiger partial charge in [-0.25, -0.2) is 4.39 Å². The molecule has 0 bridgehead atoms. The van der Waals surface area contributed by atoms with Gasteiger partial charge >= 0.3 is 0 Å². The Morgan fingerprint density at radius 1 is 1.37 bits per heavy atom. The van der Waals surface area contributed by atoms with Gasteiger partial charge in [-0.1, -0.05) is 23.7 Å². The van der Waals surface area contributed by atoms with E-state index in [-0.39, 0.29) is 22.4 Å². The average molecular weight is 303 g/mol. The highest BCUT2D eigenvalue weighted by molar-refractivity contribution is 6.31. The topological polar surface area (TPSA) is 9.23 Å². The minimum atomic E-state index is -0.356. The molecular weight excluding hydrogens is 286 g/mol. The van der Waals surface area contributed by atoms with Crippen LogP contribution in [0.5, 0.6) is 0 Å². The van der Waals surface area contributed by atoms with E-state index in [2.05, 4.69) is 0 Å². The van der Waals surface area contributed by atoms with Crippen molar-refractivity contribution >= 4 is 23.2 Å². The van der Waals surface area contributed by atoms with Crippen LogP contribution in [0.1, 0.15) is 24.8 Å². The smallest absolute Gasteiger partial charge is 0.142 e. The van der Waals surface area contributed by atoms with Gasteiger partial charge in [-0.15, -0.1) is 11.6 Å². The molecule has 1 aliphatic heterocycles. The minimum Gasteiger partial charge on any atom is -0.377 e. The second-order valence-corrected chi connectivity index (χ2v) is 6.41. The summed E-state index contributed by atoms with van der Waals surface area (Å²) in [5.41, 5.74) is 0.763. The third-order valence-electron chi connectivity index (χ3n) is 4.39. The van der Waals surface area contributed by atoms with Crippen molar-refractivity contribution in [1.82, 2.24) is 0 Å². The van der Waals surface area contributed by atoms with E-state index in [0.717, 1.165) is 18.6 Å². The van der Waals surface area contributed by atoms with Crippen molar-refractivity contribution in [3.63, 3.8) is 0 Å². The van der Waals surface area contributed by atoms with Crippen LogP contribution < -0.4 is 0 Å². The standard InChI is InChI=1S/C15H17Cl2FO/c16-9-15(6-7-19-14(15)10-4-5-10)8-11-2-1-3-12(18)13(11)17/h1-3,10,14H,4-9H2. The number of hydrogen-bond donors (Lipinski definition) is 0. The monoisotopic (exact) mass is 302 g/mol. The summed E-state index contributed by atoms with van der Waals surface area (Å²) in [6, 6.07) is 4.99. The Kier molecular flexibility index (Phi) is 3.76. The van der Waals surface area contributed by atoms with Crippen LogP contribution in [-0.2, 0) is 11.2 Å². The van der Waals surface area contributed by atoms with Crippen molar-refractivity contribution in [2.24, 2.45) is 11.3 Å². The summed E-state index contributed by atoms with van der Waals surface area (Å²) in [7, 11) is 0. The van der Waals surface area contributed by atoms with Crippen LogP contribution in [0, 0.1) is 17.2 Å². The van der Waals surface area contributed by atoms with E-state index in [1.165, 1.54) is 18.9 Å². The van der Waals surface area contributed by atoms with E-state index in [1.807, 2.05) is 6.07 Å². The summed E-state index contributed by atoms with van der Waals surface area (Å²) >= 11 is 12.3. The van der Waals surface area contributed by atoms with Crippen molar-refractivity contribution in [1.29, 1.82) is 0 Å². The molecule has 1 saturated heterocycles. The van der Waals surface area contributed by atoms with Crippen LogP contribution in [0.2, 0.25) is 5.02 Å². The first-order chi connectivity index (χ1) is 9.16. The Morgan fingerprint density at radius 2 is 2.16 bits per heavy atom. The van der Waals surface area contributed by atoms with Crippen molar-refractivity contribution in [3.8, 4) is 0 Å². The van der Waals surface area contributed by atoms with Crippen LogP contribution in [0.3, 0.4) is 0 Å². The number of halogens is 3. The fourth-order valence-corrected chi connectivity index (χ4v) is 3.76. The lowest BCUT2D eigenvalue weighted by Crippen LogP contribution is -2.36. The van der Waals surface area contributed by atoms with Crippen LogP contribution in [0.15, 0.2) is 18.2 Å². The molecule has 1 aromatic carbocycles. The normalized spacial score (nSPS) is 30.8. The Balaban J connectivity index is 1.88. The molecule has 2 aliphatic rings. The minimum absolute atomic E-state index is 0.0832. The van der Waals surface area contributed by atoms with Gasteiger partial charge in [-0.05, 0) is 43.2 Å². The largest absolute Gasteiger partial charge is 0.377 e. The SMILES string of the molecule is Fc1cccc(CC2(CCl)CCOC2C2CC2)c1Cl. The maximum atomic E-state index is 13.6. The first-order valence-corrected chi connectivity index (χ1v) is 7.68. The fourth-order valence-electron chi connectivity index (χ4n) is 3.19. The van der Waals surface area contributed by atoms with Gasteiger partial charge in [0.25, 0.3) is 0 Å². The molecular formula is C15H17Cl2FO. The molecule has 104 valence electrons. The third-order valence-corrected chi connectivity index (χ3v) is 5.35. The molecule has 19 heavy (non-hydrogen) atoms. The molecule has 1 heterocycles. The predicted octanol–water partition coefficient (Wildman–Crippen LogP) is 4.45. The lowest BCUT2D eigenvalue weighted by Gasteiger charge is -2.32. The second kappa shape index (κ2) is 5.23. The third kappa shape index (κ3) is 2.51. The molecule has 4 heteroatoms. The van der Waals surface area contributed by atoms with E-state index < -0.39 is 0 Å². The quantitative estimate of drug-likeness (QED) is 0.747. The summed E-state index contributed by atoms with van der Waals surface area (Å²) in [6.07, 6.45) is 4.29. The molecule has 2 unspecified atom stereocenters. The van der Waals surface area contributed by atoms with E-state index >= 15 is 0 Å². The molecule has 0 radical (unpaired) electrons. The van der Waals surface area contributed by atoms with Gasteiger partial charge in [0.2, 0.25) is 0 Å². The van der Waals surface area contributed by atoms with Crippen LogP contribution in [0.25, 0.3) is 0 Å². The van der Waals surface area contributed by atoms with Gasteiger partial charge in [0.1, 0.15) is 5.82 Å². The molecule has 1 aromatic rings. The van der Waals surface area contributed by atoms with E-state index in [4.69, 9.17) is 27.9 Å².